The van der Waals surface area contributed by atoms with Crippen LogP contribution in [0.25, 0.3) is 82.8 Å². The first kappa shape index (κ1) is 25.9. The number of fused-ring (bicyclic) bond motifs is 6. The van der Waals surface area contributed by atoms with Crippen molar-refractivity contribution in [2.24, 2.45) is 0 Å². The van der Waals surface area contributed by atoms with Crippen LogP contribution in [0.5, 0.6) is 0 Å². The van der Waals surface area contributed by atoms with Gasteiger partial charge in [-0.15, -0.1) is 0 Å². The van der Waals surface area contributed by atoms with Crippen molar-refractivity contribution in [3.8, 4) is 39.1 Å². The smallest absolute Gasteiger partial charge is 0.143 e. The summed E-state index contributed by atoms with van der Waals surface area (Å²) in [4.78, 5) is 0. The Morgan fingerprint density at radius 3 is 1.76 bits per heavy atom. The molecule has 212 valence electrons. The van der Waals surface area contributed by atoms with Crippen LogP contribution in [0.3, 0.4) is 0 Å². The van der Waals surface area contributed by atoms with Crippen molar-refractivity contribution in [3.63, 3.8) is 0 Å². The van der Waals surface area contributed by atoms with Gasteiger partial charge in [0.15, 0.2) is 0 Å². The number of furan rings is 1. The Labute approximate surface area is 265 Å². The number of hydrogen-bond acceptors (Lipinski definition) is 1. The van der Waals surface area contributed by atoms with Gasteiger partial charge in [-0.05, 0) is 70.8 Å². The molecule has 0 fully saturated rings. The maximum atomic E-state index is 6.85. The predicted octanol–water partition coefficient (Wildman–Crippen LogP) is 12.3. The van der Waals surface area contributed by atoms with E-state index in [1.165, 1.54) is 21.8 Å². The van der Waals surface area contributed by atoms with E-state index >= 15 is 0 Å². The molecule has 2 nitrogen and oxygen atoms in total. The monoisotopic (exact) mass is 595 g/mol. The Morgan fingerprint density at radius 1 is 0.400 bits per heavy atom. The summed E-state index contributed by atoms with van der Waals surface area (Å²) in [7, 11) is 0. The molecule has 0 aliphatic heterocycles. The molecule has 0 atom stereocenters. The van der Waals surface area contributed by atoms with Gasteiger partial charge in [0.2, 0.25) is 0 Å². The molecular formula is C42H26ClNO. The summed E-state index contributed by atoms with van der Waals surface area (Å²) in [5, 5.41) is 5.32. The number of benzene rings is 7. The number of para-hydroxylation sites is 4. The lowest BCUT2D eigenvalue weighted by molar-refractivity contribution is 0.671. The van der Waals surface area contributed by atoms with Gasteiger partial charge >= 0.3 is 0 Å². The van der Waals surface area contributed by atoms with Gasteiger partial charge < -0.3 is 8.98 Å². The molecule has 7 aromatic carbocycles. The van der Waals surface area contributed by atoms with Crippen LogP contribution < -0.4 is 0 Å². The topological polar surface area (TPSA) is 18.1 Å². The highest BCUT2D eigenvalue weighted by Crippen LogP contribution is 2.42. The summed E-state index contributed by atoms with van der Waals surface area (Å²) >= 11 is 6.85. The second-order valence-corrected chi connectivity index (χ2v) is 11.9. The highest BCUT2D eigenvalue weighted by atomic mass is 35.5. The first-order chi connectivity index (χ1) is 22.2. The first-order valence-electron chi connectivity index (χ1n) is 15.1. The Hall–Kier alpha value is -5.57. The number of hydrogen-bond donors (Lipinski definition) is 0. The number of aromatic nitrogens is 1. The van der Waals surface area contributed by atoms with E-state index in [1.807, 2.05) is 12.1 Å². The predicted molar refractivity (Wildman–Crippen MR) is 189 cm³/mol. The van der Waals surface area contributed by atoms with E-state index in [4.69, 9.17) is 16.0 Å². The van der Waals surface area contributed by atoms with Crippen LogP contribution >= 0.6 is 11.6 Å². The van der Waals surface area contributed by atoms with Crippen molar-refractivity contribution in [2.75, 3.05) is 0 Å². The van der Waals surface area contributed by atoms with Crippen LogP contribution in [0, 0.1) is 0 Å². The van der Waals surface area contributed by atoms with Crippen molar-refractivity contribution in [1.82, 2.24) is 4.57 Å². The average molecular weight is 596 g/mol. The van der Waals surface area contributed by atoms with Crippen LogP contribution in [0.1, 0.15) is 0 Å². The third-order valence-electron chi connectivity index (χ3n) is 8.84. The molecule has 0 bridgehead atoms. The van der Waals surface area contributed by atoms with Crippen LogP contribution in [0.2, 0.25) is 5.02 Å². The standard InChI is InChI=1S/C42H26ClNO/c43-31-24-29(28-21-22-40-38(26-28)35-15-7-8-20-39(35)44(40)32-13-5-2-6-14-32)23-30(25-31)34-17-10-19-37-36-18-9-16-33(41(36)45-42(34)37)27-11-3-1-4-12-27/h1-26H. The third kappa shape index (κ3) is 4.18. The van der Waals surface area contributed by atoms with Crippen molar-refractivity contribution >= 4 is 55.3 Å². The number of halogens is 1. The molecule has 9 aromatic rings. The summed E-state index contributed by atoms with van der Waals surface area (Å²) in [5.74, 6) is 0. The molecule has 0 amide bonds. The van der Waals surface area contributed by atoms with Crippen molar-refractivity contribution in [1.29, 1.82) is 0 Å². The second kappa shape index (κ2) is 10.3. The molecule has 0 unspecified atom stereocenters. The summed E-state index contributed by atoms with van der Waals surface area (Å²) in [6.07, 6.45) is 0. The summed E-state index contributed by atoms with van der Waals surface area (Å²) < 4.78 is 9.05. The van der Waals surface area contributed by atoms with Crippen molar-refractivity contribution < 1.29 is 4.42 Å². The van der Waals surface area contributed by atoms with Crippen LogP contribution in [-0.2, 0) is 0 Å². The summed E-state index contributed by atoms with van der Waals surface area (Å²) in [5.41, 5.74) is 11.7. The molecule has 0 saturated heterocycles. The lowest BCUT2D eigenvalue weighted by atomic mass is 9.96. The Balaban J connectivity index is 1.22. The Kier molecular flexibility index (Phi) is 5.90. The van der Waals surface area contributed by atoms with Crippen LogP contribution in [0.15, 0.2) is 162 Å². The third-order valence-corrected chi connectivity index (χ3v) is 9.06. The Morgan fingerprint density at radius 2 is 1.00 bits per heavy atom. The fraction of sp³-hybridized carbons (Fsp3) is 0. The second-order valence-electron chi connectivity index (χ2n) is 11.5. The molecule has 0 N–H and O–H groups in total. The van der Waals surface area contributed by atoms with Crippen LogP contribution in [0.4, 0.5) is 0 Å². The average Bonchev–Trinajstić information content (AvgIpc) is 3.64. The van der Waals surface area contributed by atoms with Gasteiger partial charge in [0.05, 0.1) is 11.0 Å². The zero-order valence-electron chi connectivity index (χ0n) is 24.2. The van der Waals surface area contributed by atoms with Gasteiger partial charge in [0.1, 0.15) is 11.2 Å². The van der Waals surface area contributed by atoms with Gasteiger partial charge in [-0.25, -0.2) is 0 Å². The molecule has 2 heterocycles. The van der Waals surface area contributed by atoms with E-state index in [1.54, 1.807) is 0 Å². The Bertz CT molecular complexity index is 2540. The molecule has 45 heavy (non-hydrogen) atoms. The minimum atomic E-state index is 0.687. The van der Waals surface area contributed by atoms with E-state index in [2.05, 4.69) is 150 Å². The summed E-state index contributed by atoms with van der Waals surface area (Å²) in [6.45, 7) is 0. The van der Waals surface area contributed by atoms with Gasteiger partial charge in [-0.1, -0.05) is 121 Å². The molecular weight excluding hydrogens is 570 g/mol. The lowest BCUT2D eigenvalue weighted by Gasteiger charge is -2.10. The molecule has 2 aromatic heterocycles. The molecule has 0 spiro atoms. The van der Waals surface area contributed by atoms with Crippen molar-refractivity contribution in [2.45, 2.75) is 0 Å². The highest BCUT2D eigenvalue weighted by Gasteiger charge is 2.17. The van der Waals surface area contributed by atoms with Gasteiger partial charge in [0, 0.05) is 43.4 Å². The molecule has 0 aliphatic carbocycles. The fourth-order valence-electron chi connectivity index (χ4n) is 6.81. The molecule has 3 heteroatoms. The van der Waals surface area contributed by atoms with E-state index in [0.29, 0.717) is 5.02 Å². The van der Waals surface area contributed by atoms with Crippen LogP contribution in [-0.4, -0.2) is 4.57 Å². The van der Waals surface area contributed by atoms with Gasteiger partial charge in [0.25, 0.3) is 0 Å². The lowest BCUT2D eigenvalue weighted by Crippen LogP contribution is -1.92. The van der Waals surface area contributed by atoms with Gasteiger partial charge in [-0.2, -0.15) is 0 Å². The van der Waals surface area contributed by atoms with E-state index in [0.717, 1.165) is 61.0 Å². The highest BCUT2D eigenvalue weighted by molar-refractivity contribution is 6.31. The van der Waals surface area contributed by atoms with Crippen molar-refractivity contribution in [3.05, 3.63) is 163 Å². The number of rotatable bonds is 4. The molecule has 0 saturated carbocycles. The normalized spacial score (nSPS) is 11.7. The minimum Gasteiger partial charge on any atom is -0.455 e. The minimum absolute atomic E-state index is 0.687. The zero-order chi connectivity index (χ0) is 29.9. The largest absolute Gasteiger partial charge is 0.455 e. The SMILES string of the molecule is Clc1cc(-c2ccc3c(c2)c2ccccc2n3-c2ccccc2)cc(-c2cccc3c2oc2c(-c4ccccc4)cccc23)c1. The summed E-state index contributed by atoms with van der Waals surface area (Å²) in [6, 6.07) is 55.3. The van der Waals surface area contributed by atoms with E-state index < -0.39 is 0 Å². The van der Waals surface area contributed by atoms with E-state index in [-0.39, 0.29) is 0 Å². The number of nitrogens with zero attached hydrogens (tertiary/aromatic N) is 1. The maximum absolute atomic E-state index is 6.85. The maximum Gasteiger partial charge on any atom is 0.143 e. The molecule has 0 radical (unpaired) electrons. The zero-order valence-corrected chi connectivity index (χ0v) is 25.0. The fourth-order valence-corrected chi connectivity index (χ4v) is 7.05. The van der Waals surface area contributed by atoms with Gasteiger partial charge in [-0.3, -0.25) is 0 Å². The first-order valence-corrected chi connectivity index (χ1v) is 15.5. The molecule has 0 aliphatic rings. The van der Waals surface area contributed by atoms with E-state index in [9.17, 15) is 0 Å². The quantitative estimate of drug-likeness (QED) is 0.198. The molecule has 9 rings (SSSR count).